The Bertz CT molecular complexity index is 395. The van der Waals surface area contributed by atoms with Gasteiger partial charge in [-0.05, 0) is 28.1 Å². The summed E-state index contributed by atoms with van der Waals surface area (Å²) in [5, 5.41) is 2.85. The third kappa shape index (κ3) is 1.99. The molecule has 0 saturated heterocycles. The van der Waals surface area contributed by atoms with E-state index in [9.17, 15) is 4.79 Å². The van der Waals surface area contributed by atoms with Gasteiger partial charge in [0.25, 0.3) is 5.91 Å². The van der Waals surface area contributed by atoms with Gasteiger partial charge in [0, 0.05) is 26.1 Å². The number of hydrogen-bond acceptors (Lipinski definition) is 2. The van der Waals surface area contributed by atoms with Crippen LogP contribution in [0.4, 0.5) is 0 Å². The number of fused-ring (bicyclic) bond motifs is 1. The number of halogens is 2. The van der Waals surface area contributed by atoms with Gasteiger partial charge in [-0.2, -0.15) is 0 Å². The lowest BCUT2D eigenvalue weighted by atomic mass is 10.2. The molecule has 0 saturated carbocycles. The van der Waals surface area contributed by atoms with Crippen molar-refractivity contribution in [3.63, 3.8) is 0 Å². The zero-order valence-corrected chi connectivity index (χ0v) is 11.1. The largest absolute Gasteiger partial charge is 0.351 e. The Kier molecular flexibility index (Phi) is 3.19. The highest BCUT2D eigenvalue weighted by molar-refractivity contribution is 9.11. The number of carbonyl (C=O) groups excluding carboxylic acids is 1. The highest BCUT2D eigenvalue weighted by atomic mass is 79.9. The lowest BCUT2D eigenvalue weighted by Gasteiger charge is -2.06. The van der Waals surface area contributed by atoms with E-state index in [0.29, 0.717) is 0 Å². The second-order valence-corrected chi connectivity index (χ2v) is 5.74. The number of thioether (sulfide) groups is 1. The van der Waals surface area contributed by atoms with Gasteiger partial charge in [-0.1, -0.05) is 15.9 Å². The lowest BCUT2D eigenvalue weighted by molar-refractivity contribution is 0.0954. The quantitative estimate of drug-likeness (QED) is 0.789. The van der Waals surface area contributed by atoms with Crippen molar-refractivity contribution in [3.8, 4) is 0 Å². The average molecular weight is 337 g/mol. The molecule has 0 fully saturated rings. The summed E-state index contributed by atoms with van der Waals surface area (Å²) in [7, 11) is 0. The van der Waals surface area contributed by atoms with E-state index in [4.69, 9.17) is 0 Å². The smallest absolute Gasteiger partial charge is 0.252 e. The molecule has 0 bridgehead atoms. The van der Waals surface area contributed by atoms with Crippen molar-refractivity contribution in [1.29, 1.82) is 0 Å². The van der Waals surface area contributed by atoms with Gasteiger partial charge < -0.3 is 5.32 Å². The molecule has 0 atom stereocenters. The Morgan fingerprint density at radius 2 is 2.14 bits per heavy atom. The summed E-state index contributed by atoms with van der Waals surface area (Å²) in [6.45, 7) is 0.724. The molecule has 0 spiro atoms. The second-order valence-electron chi connectivity index (χ2n) is 2.87. The Morgan fingerprint density at radius 1 is 1.36 bits per heavy atom. The molecule has 0 aliphatic carbocycles. The van der Waals surface area contributed by atoms with E-state index in [2.05, 4.69) is 37.2 Å². The maximum Gasteiger partial charge on any atom is 0.252 e. The van der Waals surface area contributed by atoms with Crippen LogP contribution in [-0.4, -0.2) is 18.2 Å². The first-order valence-corrected chi connectivity index (χ1v) is 6.65. The molecule has 74 valence electrons. The first-order chi connectivity index (χ1) is 6.68. The van der Waals surface area contributed by atoms with Crippen LogP contribution >= 0.6 is 43.6 Å². The van der Waals surface area contributed by atoms with Crippen LogP contribution in [0.3, 0.4) is 0 Å². The molecule has 2 rings (SSSR count). The van der Waals surface area contributed by atoms with Gasteiger partial charge in [-0.25, -0.2) is 0 Å². The van der Waals surface area contributed by atoms with Crippen molar-refractivity contribution in [2.24, 2.45) is 0 Å². The van der Waals surface area contributed by atoms with Crippen LogP contribution in [0.25, 0.3) is 0 Å². The minimum Gasteiger partial charge on any atom is -0.351 e. The number of carbonyl (C=O) groups is 1. The van der Waals surface area contributed by atoms with E-state index < -0.39 is 0 Å². The fourth-order valence-electron chi connectivity index (χ4n) is 1.29. The number of nitrogens with one attached hydrogen (secondary N) is 1. The van der Waals surface area contributed by atoms with E-state index >= 15 is 0 Å². The Balaban J connectivity index is 2.58. The molecule has 5 heteroatoms. The average Bonchev–Trinajstić information content (AvgIpc) is 2.29. The summed E-state index contributed by atoms with van der Waals surface area (Å²) >= 11 is 8.54. The Hall–Kier alpha value is -0.000000000000000111. The predicted octanol–water partition coefficient (Wildman–Crippen LogP) is 3.05. The van der Waals surface area contributed by atoms with Crippen LogP contribution in [-0.2, 0) is 0 Å². The van der Waals surface area contributed by atoms with Gasteiger partial charge in [0.2, 0.25) is 0 Å². The summed E-state index contributed by atoms with van der Waals surface area (Å²) in [6, 6.07) is 3.82. The van der Waals surface area contributed by atoms with Gasteiger partial charge in [0.15, 0.2) is 0 Å². The van der Waals surface area contributed by atoms with Crippen molar-refractivity contribution in [1.82, 2.24) is 5.32 Å². The molecule has 0 unspecified atom stereocenters. The van der Waals surface area contributed by atoms with Crippen molar-refractivity contribution in [2.45, 2.75) is 4.90 Å². The third-order valence-corrected chi connectivity index (χ3v) is 4.37. The summed E-state index contributed by atoms with van der Waals surface area (Å²) in [5.74, 6) is 0.922. The number of rotatable bonds is 0. The Labute approximate surface area is 103 Å². The van der Waals surface area contributed by atoms with Crippen molar-refractivity contribution in [3.05, 3.63) is 26.6 Å². The van der Waals surface area contributed by atoms with E-state index in [0.717, 1.165) is 31.7 Å². The third-order valence-electron chi connectivity index (χ3n) is 1.89. The maximum atomic E-state index is 11.6. The minimum absolute atomic E-state index is 0.00648. The molecule has 14 heavy (non-hydrogen) atoms. The van der Waals surface area contributed by atoms with Crippen LogP contribution in [0.15, 0.2) is 26.0 Å². The SMILES string of the molecule is O=C1NCCSc2c(Br)cc(Br)cc21. The van der Waals surface area contributed by atoms with E-state index in [-0.39, 0.29) is 5.91 Å². The molecule has 1 N–H and O–H groups in total. The van der Waals surface area contributed by atoms with Crippen molar-refractivity contribution < 1.29 is 4.79 Å². The van der Waals surface area contributed by atoms with Gasteiger partial charge in [-0.15, -0.1) is 11.8 Å². The fraction of sp³-hybridized carbons (Fsp3) is 0.222. The van der Waals surface area contributed by atoms with Crippen molar-refractivity contribution >= 4 is 49.5 Å². The van der Waals surface area contributed by atoms with Crippen molar-refractivity contribution in [2.75, 3.05) is 12.3 Å². The molecule has 1 aliphatic heterocycles. The summed E-state index contributed by atoms with van der Waals surface area (Å²) in [4.78, 5) is 12.7. The summed E-state index contributed by atoms with van der Waals surface area (Å²) in [5.41, 5.74) is 0.744. The van der Waals surface area contributed by atoms with Crippen LogP contribution in [0, 0.1) is 0 Å². The van der Waals surface area contributed by atoms with Gasteiger partial charge >= 0.3 is 0 Å². The van der Waals surface area contributed by atoms with E-state index in [1.807, 2.05) is 12.1 Å². The molecule has 0 aromatic heterocycles. The molecule has 2 nitrogen and oxygen atoms in total. The van der Waals surface area contributed by atoms with Gasteiger partial charge in [-0.3, -0.25) is 4.79 Å². The number of hydrogen-bond donors (Lipinski definition) is 1. The standard InChI is InChI=1S/C9H7Br2NOS/c10-5-3-6-8(7(11)4-5)14-2-1-12-9(6)13/h3-4H,1-2H2,(H,12,13). The maximum absolute atomic E-state index is 11.6. The van der Waals surface area contributed by atoms with E-state index in [1.165, 1.54) is 0 Å². The van der Waals surface area contributed by atoms with Gasteiger partial charge in [0.1, 0.15) is 0 Å². The number of benzene rings is 1. The fourth-order valence-corrected chi connectivity index (χ4v) is 3.77. The normalized spacial score (nSPS) is 15.7. The first kappa shape index (κ1) is 10.5. The van der Waals surface area contributed by atoms with Crippen LogP contribution in [0.2, 0.25) is 0 Å². The molecule has 1 aromatic rings. The van der Waals surface area contributed by atoms with Gasteiger partial charge in [0.05, 0.1) is 5.56 Å². The molecule has 1 amide bonds. The molecule has 0 radical (unpaired) electrons. The highest BCUT2D eigenvalue weighted by Crippen LogP contribution is 2.34. The molecular weight excluding hydrogens is 330 g/mol. The highest BCUT2D eigenvalue weighted by Gasteiger charge is 2.18. The lowest BCUT2D eigenvalue weighted by Crippen LogP contribution is -2.23. The summed E-state index contributed by atoms with van der Waals surface area (Å²) < 4.78 is 1.89. The number of amides is 1. The van der Waals surface area contributed by atoms with Crippen LogP contribution in [0.5, 0.6) is 0 Å². The molecule has 1 aromatic carbocycles. The predicted molar refractivity (Wildman–Crippen MR) is 64.9 cm³/mol. The zero-order chi connectivity index (χ0) is 10.1. The van der Waals surface area contributed by atoms with Crippen LogP contribution < -0.4 is 5.32 Å². The molecular formula is C9H7Br2NOS. The first-order valence-electron chi connectivity index (χ1n) is 4.08. The Morgan fingerprint density at radius 3 is 2.93 bits per heavy atom. The molecule has 1 heterocycles. The van der Waals surface area contributed by atoms with Crippen LogP contribution in [0.1, 0.15) is 10.4 Å². The topological polar surface area (TPSA) is 29.1 Å². The molecule has 1 aliphatic rings. The zero-order valence-electron chi connectivity index (χ0n) is 7.14. The van der Waals surface area contributed by atoms with E-state index in [1.54, 1.807) is 11.8 Å². The minimum atomic E-state index is 0.00648. The second kappa shape index (κ2) is 4.24. The summed E-state index contributed by atoms with van der Waals surface area (Å²) in [6.07, 6.45) is 0. The monoisotopic (exact) mass is 335 g/mol.